The molecule has 0 unspecified atom stereocenters. The average molecular weight is 295 g/mol. The highest BCUT2D eigenvalue weighted by atomic mass is 35.5. The Bertz CT molecular complexity index is 629. The first kappa shape index (κ1) is 14.3. The normalized spacial score (nSPS) is 10.2. The van der Waals surface area contributed by atoms with Gasteiger partial charge in [-0.1, -0.05) is 11.6 Å². The van der Waals surface area contributed by atoms with Crippen LogP contribution in [-0.4, -0.2) is 13.4 Å². The first-order valence-electron chi connectivity index (χ1n) is 5.84. The molecule has 104 valence electrons. The molecule has 2 aromatic carbocycles. The first-order chi connectivity index (χ1) is 9.63. The highest BCUT2D eigenvalue weighted by molar-refractivity contribution is 6.30. The van der Waals surface area contributed by atoms with Crippen molar-refractivity contribution in [3.8, 4) is 11.5 Å². The van der Waals surface area contributed by atoms with Crippen LogP contribution in [0.2, 0.25) is 5.02 Å². The summed E-state index contributed by atoms with van der Waals surface area (Å²) in [6.07, 6.45) is 0.644. The summed E-state index contributed by atoms with van der Waals surface area (Å²) in [5.41, 5.74) is 0.698. The van der Waals surface area contributed by atoms with E-state index in [1.807, 2.05) is 0 Å². The molecule has 0 spiro atoms. The third kappa shape index (κ3) is 3.27. The van der Waals surface area contributed by atoms with Crippen molar-refractivity contribution in [2.45, 2.75) is 6.61 Å². The molecule has 0 saturated heterocycles. The van der Waals surface area contributed by atoms with Crippen molar-refractivity contribution in [3.63, 3.8) is 0 Å². The van der Waals surface area contributed by atoms with Gasteiger partial charge in [0, 0.05) is 16.7 Å². The molecule has 0 amide bonds. The van der Waals surface area contributed by atoms with E-state index in [1.165, 1.54) is 19.2 Å². The Morgan fingerprint density at radius 1 is 1.25 bits per heavy atom. The van der Waals surface area contributed by atoms with E-state index in [1.54, 1.807) is 24.3 Å². The van der Waals surface area contributed by atoms with Gasteiger partial charge in [-0.2, -0.15) is 0 Å². The molecule has 0 aliphatic rings. The molecule has 0 aromatic heterocycles. The maximum Gasteiger partial charge on any atom is 0.153 e. The van der Waals surface area contributed by atoms with E-state index in [2.05, 4.69) is 0 Å². The minimum atomic E-state index is -0.425. The Kier molecular flexibility index (Phi) is 4.58. The second-order valence-corrected chi connectivity index (χ2v) is 4.48. The van der Waals surface area contributed by atoms with Crippen LogP contribution in [0.15, 0.2) is 36.4 Å². The van der Waals surface area contributed by atoms with Crippen LogP contribution in [0.3, 0.4) is 0 Å². The predicted molar refractivity (Wildman–Crippen MR) is 74.1 cm³/mol. The van der Waals surface area contributed by atoms with Gasteiger partial charge >= 0.3 is 0 Å². The summed E-state index contributed by atoms with van der Waals surface area (Å²) < 4.78 is 24.1. The Hall–Kier alpha value is -2.07. The molecule has 2 rings (SSSR count). The lowest BCUT2D eigenvalue weighted by Crippen LogP contribution is -2.01. The quantitative estimate of drug-likeness (QED) is 0.785. The zero-order valence-electron chi connectivity index (χ0n) is 10.7. The summed E-state index contributed by atoms with van der Waals surface area (Å²) in [7, 11) is 1.47. The van der Waals surface area contributed by atoms with Crippen molar-refractivity contribution in [1.29, 1.82) is 0 Å². The van der Waals surface area contributed by atoms with E-state index >= 15 is 0 Å². The van der Waals surface area contributed by atoms with Crippen LogP contribution < -0.4 is 9.47 Å². The lowest BCUT2D eigenvalue weighted by molar-refractivity contribution is 0.111. The molecule has 0 fully saturated rings. The van der Waals surface area contributed by atoms with Crippen molar-refractivity contribution in [1.82, 2.24) is 0 Å². The van der Waals surface area contributed by atoms with Crippen LogP contribution in [-0.2, 0) is 6.61 Å². The van der Waals surface area contributed by atoms with Gasteiger partial charge in [-0.05, 0) is 30.3 Å². The van der Waals surface area contributed by atoms with Crippen LogP contribution in [0.4, 0.5) is 4.39 Å². The summed E-state index contributed by atoms with van der Waals surface area (Å²) in [4.78, 5) is 10.9. The number of halogens is 2. The van der Waals surface area contributed by atoms with E-state index in [9.17, 15) is 9.18 Å². The van der Waals surface area contributed by atoms with Gasteiger partial charge in [0.1, 0.15) is 23.9 Å². The number of hydrogen-bond donors (Lipinski definition) is 0. The van der Waals surface area contributed by atoms with Gasteiger partial charge in [0.05, 0.1) is 12.7 Å². The Balaban J connectivity index is 2.14. The molecule has 0 aliphatic carbocycles. The molecular weight excluding hydrogens is 283 g/mol. The van der Waals surface area contributed by atoms with Crippen LogP contribution >= 0.6 is 11.6 Å². The Labute approximate surface area is 120 Å². The van der Waals surface area contributed by atoms with E-state index in [0.717, 1.165) is 0 Å². The number of carbonyl (C=O) groups is 1. The van der Waals surface area contributed by atoms with E-state index in [0.29, 0.717) is 33.9 Å². The molecule has 0 atom stereocenters. The van der Waals surface area contributed by atoms with Gasteiger partial charge in [-0.25, -0.2) is 4.39 Å². The predicted octanol–water partition coefficient (Wildman–Crippen LogP) is 3.88. The van der Waals surface area contributed by atoms with Gasteiger partial charge in [-0.15, -0.1) is 0 Å². The molecule has 0 N–H and O–H groups in total. The Morgan fingerprint density at radius 2 is 2.05 bits per heavy atom. The summed E-state index contributed by atoms with van der Waals surface area (Å²) >= 11 is 5.78. The summed E-state index contributed by atoms with van der Waals surface area (Å²) in [5, 5.41) is 0.440. The summed E-state index contributed by atoms with van der Waals surface area (Å²) in [6, 6.07) is 9.17. The topological polar surface area (TPSA) is 35.5 Å². The van der Waals surface area contributed by atoms with Crippen LogP contribution in [0.25, 0.3) is 0 Å². The average Bonchev–Trinajstić information content (AvgIpc) is 2.46. The molecule has 5 heteroatoms. The van der Waals surface area contributed by atoms with Crippen LogP contribution in [0.5, 0.6) is 11.5 Å². The molecule has 0 bridgehead atoms. The maximum atomic E-state index is 13.7. The van der Waals surface area contributed by atoms with Gasteiger partial charge in [-0.3, -0.25) is 4.79 Å². The van der Waals surface area contributed by atoms with Gasteiger partial charge in [0.15, 0.2) is 6.29 Å². The maximum absolute atomic E-state index is 13.7. The minimum absolute atomic E-state index is 0.0122. The SMILES string of the molecule is COc1ccc(COc2ccc(Cl)cc2C=O)c(F)c1. The number of hydrogen-bond acceptors (Lipinski definition) is 3. The van der Waals surface area contributed by atoms with Crippen molar-refractivity contribution >= 4 is 17.9 Å². The number of rotatable bonds is 5. The molecule has 0 heterocycles. The standard InChI is InChI=1S/C15H12ClFO3/c1-19-13-4-2-10(14(17)7-13)9-20-15-5-3-12(16)6-11(15)8-18/h2-8H,9H2,1H3. The second kappa shape index (κ2) is 6.39. The number of carbonyl (C=O) groups excluding carboxylic acids is 1. The van der Waals surface area contributed by atoms with E-state index < -0.39 is 5.82 Å². The van der Waals surface area contributed by atoms with Crippen LogP contribution in [0, 0.1) is 5.82 Å². The van der Waals surface area contributed by atoms with Gasteiger partial charge in [0.25, 0.3) is 0 Å². The summed E-state index contributed by atoms with van der Waals surface area (Å²) in [6.45, 7) is 0.0122. The highest BCUT2D eigenvalue weighted by Gasteiger charge is 2.08. The smallest absolute Gasteiger partial charge is 0.153 e. The second-order valence-electron chi connectivity index (χ2n) is 4.05. The number of ether oxygens (including phenoxy) is 2. The summed E-state index contributed by atoms with van der Waals surface area (Å²) in [5.74, 6) is 0.372. The van der Waals surface area contributed by atoms with E-state index in [-0.39, 0.29) is 6.61 Å². The van der Waals surface area contributed by atoms with Gasteiger partial charge < -0.3 is 9.47 Å². The first-order valence-corrected chi connectivity index (χ1v) is 6.22. The zero-order chi connectivity index (χ0) is 14.5. The van der Waals surface area contributed by atoms with Crippen molar-refractivity contribution in [2.24, 2.45) is 0 Å². The molecule has 0 saturated carbocycles. The monoisotopic (exact) mass is 294 g/mol. The lowest BCUT2D eigenvalue weighted by Gasteiger charge is -2.10. The van der Waals surface area contributed by atoms with Crippen molar-refractivity contribution < 1.29 is 18.7 Å². The Morgan fingerprint density at radius 3 is 2.70 bits per heavy atom. The molecule has 20 heavy (non-hydrogen) atoms. The van der Waals surface area contributed by atoms with Crippen molar-refractivity contribution in [2.75, 3.05) is 7.11 Å². The number of benzene rings is 2. The largest absolute Gasteiger partial charge is 0.497 e. The fourth-order valence-corrected chi connectivity index (χ4v) is 1.85. The van der Waals surface area contributed by atoms with Crippen molar-refractivity contribution in [3.05, 3.63) is 58.4 Å². The molecule has 3 nitrogen and oxygen atoms in total. The third-order valence-corrected chi connectivity index (χ3v) is 2.98. The number of aldehydes is 1. The molecule has 0 radical (unpaired) electrons. The number of methoxy groups -OCH3 is 1. The fraction of sp³-hybridized carbons (Fsp3) is 0.133. The third-order valence-electron chi connectivity index (χ3n) is 2.74. The van der Waals surface area contributed by atoms with Crippen LogP contribution in [0.1, 0.15) is 15.9 Å². The molecule has 2 aromatic rings. The highest BCUT2D eigenvalue weighted by Crippen LogP contribution is 2.23. The van der Waals surface area contributed by atoms with E-state index in [4.69, 9.17) is 21.1 Å². The lowest BCUT2D eigenvalue weighted by atomic mass is 10.2. The zero-order valence-corrected chi connectivity index (χ0v) is 11.5. The molecule has 0 aliphatic heterocycles. The molecular formula is C15H12ClFO3. The fourth-order valence-electron chi connectivity index (χ4n) is 1.67. The van der Waals surface area contributed by atoms with Gasteiger partial charge in [0.2, 0.25) is 0 Å². The minimum Gasteiger partial charge on any atom is -0.497 e.